The number of carbonyl (C=O) groups is 1. The summed E-state index contributed by atoms with van der Waals surface area (Å²) in [5.74, 6) is 0.678. The Bertz CT molecular complexity index is 1340. The number of anilines is 1. The van der Waals surface area contributed by atoms with Crippen molar-refractivity contribution in [1.82, 2.24) is 10.3 Å². The van der Waals surface area contributed by atoms with Gasteiger partial charge in [0.1, 0.15) is 10.6 Å². The van der Waals surface area contributed by atoms with Crippen LogP contribution in [0.3, 0.4) is 0 Å². The van der Waals surface area contributed by atoms with Crippen molar-refractivity contribution in [3.63, 3.8) is 0 Å². The van der Waals surface area contributed by atoms with Crippen LogP contribution in [0.15, 0.2) is 54.7 Å². The fraction of sp³-hybridized carbons (Fsp3) is 0.200. The number of nitrogens with one attached hydrogen (secondary N) is 2. The predicted octanol–water partition coefficient (Wildman–Crippen LogP) is 7.20. The van der Waals surface area contributed by atoms with Crippen LogP contribution in [0.1, 0.15) is 35.1 Å². The SMILES string of the molecule is C.CNc1c(C(=O)N[C@H]2CCOc3ccccc32)sc2c(-c3cccc(Cl)c3Cl)nccc12. The van der Waals surface area contributed by atoms with Crippen molar-refractivity contribution >= 4 is 56.2 Å². The van der Waals surface area contributed by atoms with E-state index in [2.05, 4.69) is 15.6 Å². The lowest BCUT2D eigenvalue weighted by Crippen LogP contribution is -2.32. The van der Waals surface area contributed by atoms with Gasteiger partial charge in [0.25, 0.3) is 5.91 Å². The van der Waals surface area contributed by atoms with Crippen LogP contribution < -0.4 is 15.4 Å². The maximum absolute atomic E-state index is 13.4. The van der Waals surface area contributed by atoms with Gasteiger partial charge in [-0.15, -0.1) is 11.3 Å². The lowest BCUT2D eigenvalue weighted by molar-refractivity contribution is 0.0929. The molecule has 2 aromatic carbocycles. The van der Waals surface area contributed by atoms with Gasteiger partial charge in [-0.3, -0.25) is 9.78 Å². The second-order valence-corrected chi connectivity index (χ2v) is 9.20. The van der Waals surface area contributed by atoms with Crippen LogP contribution in [-0.4, -0.2) is 24.5 Å². The van der Waals surface area contributed by atoms with Crippen molar-refractivity contribution in [2.75, 3.05) is 19.0 Å². The van der Waals surface area contributed by atoms with Gasteiger partial charge in [0, 0.05) is 36.2 Å². The Kier molecular flexibility index (Phi) is 6.79. The van der Waals surface area contributed by atoms with E-state index in [1.165, 1.54) is 11.3 Å². The van der Waals surface area contributed by atoms with Gasteiger partial charge in [-0.25, -0.2) is 0 Å². The summed E-state index contributed by atoms with van der Waals surface area (Å²) >= 11 is 14.1. The van der Waals surface area contributed by atoms with Gasteiger partial charge in [-0.1, -0.05) is 61.0 Å². The Morgan fingerprint density at radius 1 is 1.15 bits per heavy atom. The highest BCUT2D eigenvalue weighted by atomic mass is 35.5. The third-order valence-corrected chi connectivity index (χ3v) is 7.56. The zero-order valence-corrected chi connectivity index (χ0v) is 19.4. The van der Waals surface area contributed by atoms with Crippen LogP contribution in [0.25, 0.3) is 21.3 Å². The number of ether oxygens (including phenoxy) is 1. The van der Waals surface area contributed by atoms with Gasteiger partial charge in [-0.05, 0) is 18.2 Å². The first-order valence-corrected chi connectivity index (χ1v) is 11.7. The molecule has 0 radical (unpaired) electrons. The third-order valence-electron chi connectivity index (χ3n) is 5.53. The molecule has 0 unspecified atom stereocenters. The summed E-state index contributed by atoms with van der Waals surface area (Å²) in [6, 6.07) is 15.1. The van der Waals surface area contributed by atoms with Gasteiger partial charge >= 0.3 is 0 Å². The van der Waals surface area contributed by atoms with Gasteiger partial charge in [0.05, 0.1) is 38.8 Å². The highest BCUT2D eigenvalue weighted by molar-refractivity contribution is 7.22. The molecule has 5 rings (SSSR count). The second kappa shape index (κ2) is 9.59. The Morgan fingerprint density at radius 3 is 2.79 bits per heavy atom. The van der Waals surface area contributed by atoms with Gasteiger partial charge in [0.2, 0.25) is 0 Å². The number of nitrogens with zero attached hydrogens (tertiary/aromatic N) is 1. The highest BCUT2D eigenvalue weighted by Crippen LogP contribution is 2.43. The van der Waals surface area contributed by atoms with Crippen LogP contribution in [0.5, 0.6) is 5.75 Å². The highest BCUT2D eigenvalue weighted by Gasteiger charge is 2.26. The molecule has 0 saturated heterocycles. The molecule has 2 aromatic heterocycles. The van der Waals surface area contributed by atoms with Crippen LogP contribution in [-0.2, 0) is 0 Å². The molecule has 0 aliphatic carbocycles. The van der Waals surface area contributed by atoms with E-state index in [1.807, 2.05) is 49.5 Å². The minimum atomic E-state index is -0.139. The molecule has 2 N–H and O–H groups in total. The van der Waals surface area contributed by atoms with E-state index in [-0.39, 0.29) is 19.4 Å². The number of rotatable bonds is 4. The Morgan fingerprint density at radius 2 is 1.97 bits per heavy atom. The topological polar surface area (TPSA) is 63.2 Å². The summed E-state index contributed by atoms with van der Waals surface area (Å²) in [6.07, 6.45) is 2.44. The van der Waals surface area contributed by atoms with Crippen molar-refractivity contribution in [1.29, 1.82) is 0 Å². The molecule has 0 fully saturated rings. The van der Waals surface area contributed by atoms with Crippen molar-refractivity contribution in [3.05, 3.63) is 75.2 Å². The summed E-state index contributed by atoms with van der Waals surface area (Å²) in [5.41, 5.74) is 3.20. The fourth-order valence-corrected chi connectivity index (χ4v) is 5.63. The lowest BCUT2D eigenvalue weighted by atomic mass is 10.0. The number of para-hydroxylation sites is 1. The van der Waals surface area contributed by atoms with Crippen LogP contribution >= 0.6 is 34.5 Å². The van der Waals surface area contributed by atoms with Crippen molar-refractivity contribution in [2.24, 2.45) is 0 Å². The van der Waals surface area contributed by atoms with Crippen molar-refractivity contribution < 1.29 is 9.53 Å². The Hall–Kier alpha value is -2.80. The number of benzene rings is 2. The summed E-state index contributed by atoms with van der Waals surface area (Å²) in [6.45, 7) is 0.564. The van der Waals surface area contributed by atoms with E-state index in [1.54, 1.807) is 12.3 Å². The zero-order valence-electron chi connectivity index (χ0n) is 17.1. The molecule has 3 heterocycles. The van der Waals surface area contributed by atoms with Crippen LogP contribution in [0.4, 0.5) is 5.69 Å². The first kappa shape index (κ1) is 23.4. The summed E-state index contributed by atoms with van der Waals surface area (Å²) in [7, 11) is 1.81. The maximum atomic E-state index is 13.4. The second-order valence-electron chi connectivity index (χ2n) is 7.39. The summed E-state index contributed by atoms with van der Waals surface area (Å²) < 4.78 is 6.60. The molecule has 5 nitrogen and oxygen atoms in total. The number of halogens is 2. The number of hydrogen-bond acceptors (Lipinski definition) is 5. The predicted molar refractivity (Wildman–Crippen MR) is 138 cm³/mol. The standard InChI is InChI=1S/C24H19Cl2N3O2S.CH4/c1-27-20-15-9-11-28-21(14-6-4-7-16(25)19(14)26)22(15)32-23(20)24(30)29-17-10-12-31-18-8-3-2-5-13(17)18;/h2-9,11,17,27H,10,12H2,1H3,(H,29,30);1H4/t17-;/m0./s1. The number of hydrogen-bond donors (Lipinski definition) is 2. The smallest absolute Gasteiger partial charge is 0.264 e. The molecule has 170 valence electrons. The van der Waals surface area contributed by atoms with Gasteiger partial charge in [-0.2, -0.15) is 0 Å². The molecule has 1 aliphatic rings. The third kappa shape index (κ3) is 4.14. The van der Waals surface area contributed by atoms with Crippen molar-refractivity contribution in [3.8, 4) is 17.0 Å². The number of aromatic nitrogens is 1. The number of thiophene rings is 1. The molecule has 0 saturated carbocycles. The first-order chi connectivity index (χ1) is 15.6. The Labute approximate surface area is 206 Å². The molecular formula is C25H23Cl2N3O2S. The molecule has 33 heavy (non-hydrogen) atoms. The number of amides is 1. The molecule has 0 bridgehead atoms. The normalized spacial score (nSPS) is 14.7. The largest absolute Gasteiger partial charge is 0.493 e. The maximum Gasteiger partial charge on any atom is 0.264 e. The van der Waals surface area contributed by atoms with Gasteiger partial charge < -0.3 is 15.4 Å². The van der Waals surface area contributed by atoms with Crippen LogP contribution in [0, 0.1) is 0 Å². The zero-order chi connectivity index (χ0) is 22.2. The minimum absolute atomic E-state index is 0. The quantitative estimate of drug-likeness (QED) is 0.311. The van der Waals surface area contributed by atoms with E-state index in [0.29, 0.717) is 33.6 Å². The first-order valence-electron chi connectivity index (χ1n) is 10.1. The fourth-order valence-electron chi connectivity index (χ4n) is 4.03. The van der Waals surface area contributed by atoms with E-state index >= 15 is 0 Å². The lowest BCUT2D eigenvalue weighted by Gasteiger charge is -2.26. The molecular weight excluding hydrogens is 477 g/mol. The molecule has 0 spiro atoms. The molecule has 4 aromatic rings. The average Bonchev–Trinajstić information content (AvgIpc) is 3.20. The van der Waals surface area contributed by atoms with E-state index in [4.69, 9.17) is 27.9 Å². The Balaban J connectivity index is 0.00000259. The van der Waals surface area contributed by atoms with Gasteiger partial charge in [0.15, 0.2) is 0 Å². The van der Waals surface area contributed by atoms with E-state index in [0.717, 1.165) is 32.6 Å². The van der Waals surface area contributed by atoms with Crippen molar-refractivity contribution in [2.45, 2.75) is 19.9 Å². The summed E-state index contributed by atoms with van der Waals surface area (Å²) in [4.78, 5) is 18.6. The number of carbonyl (C=O) groups excluding carboxylic acids is 1. The summed E-state index contributed by atoms with van der Waals surface area (Å²) in [5, 5.41) is 8.21. The molecule has 1 atom stereocenters. The van der Waals surface area contributed by atoms with E-state index < -0.39 is 0 Å². The average molecular weight is 500 g/mol. The molecule has 1 amide bonds. The van der Waals surface area contributed by atoms with E-state index in [9.17, 15) is 4.79 Å². The minimum Gasteiger partial charge on any atom is -0.493 e. The number of pyridine rings is 1. The molecule has 8 heteroatoms. The monoisotopic (exact) mass is 499 g/mol. The number of fused-ring (bicyclic) bond motifs is 2. The van der Waals surface area contributed by atoms with Crippen LogP contribution in [0.2, 0.25) is 10.0 Å². The molecule has 1 aliphatic heterocycles.